The number of aromatic nitrogens is 5. The van der Waals surface area contributed by atoms with E-state index in [-0.39, 0.29) is 18.6 Å². The Morgan fingerprint density at radius 1 is 1.23 bits per heavy atom. The highest BCUT2D eigenvalue weighted by molar-refractivity contribution is 5.93. The van der Waals surface area contributed by atoms with Gasteiger partial charge in [0.2, 0.25) is 5.91 Å². The van der Waals surface area contributed by atoms with Gasteiger partial charge in [-0.15, -0.1) is 0 Å². The quantitative estimate of drug-likeness (QED) is 0.705. The van der Waals surface area contributed by atoms with E-state index < -0.39 is 0 Å². The number of rotatable bonds is 6. The molecular weight excluding hydrogens is 332 g/mol. The fraction of sp³-hybridized carbons (Fsp3) is 0.444. The van der Waals surface area contributed by atoms with E-state index in [2.05, 4.69) is 20.4 Å². The Morgan fingerprint density at radius 2 is 2.00 bits per heavy atom. The largest absolute Gasteiger partial charge is 0.395 e. The third-order valence-corrected chi connectivity index (χ3v) is 4.35. The second-order valence-corrected chi connectivity index (χ2v) is 6.49. The van der Waals surface area contributed by atoms with Crippen LogP contribution < -0.4 is 5.32 Å². The summed E-state index contributed by atoms with van der Waals surface area (Å²) in [6.07, 6.45) is 0.305. The zero-order valence-corrected chi connectivity index (χ0v) is 15.5. The Bertz CT molecular complexity index is 943. The molecule has 0 radical (unpaired) electrons. The number of benzene rings is 1. The molecule has 1 atom stereocenters. The molecule has 0 saturated carbocycles. The minimum absolute atomic E-state index is 0.0594. The molecule has 0 bridgehead atoms. The van der Waals surface area contributed by atoms with Crippen LogP contribution >= 0.6 is 0 Å². The van der Waals surface area contributed by atoms with Gasteiger partial charge in [-0.3, -0.25) is 4.79 Å². The molecule has 26 heavy (non-hydrogen) atoms. The fourth-order valence-corrected chi connectivity index (χ4v) is 3.23. The van der Waals surface area contributed by atoms with E-state index >= 15 is 0 Å². The summed E-state index contributed by atoms with van der Waals surface area (Å²) < 4.78 is 3.73. The van der Waals surface area contributed by atoms with Crippen molar-refractivity contribution in [2.75, 3.05) is 11.9 Å². The Labute approximate surface area is 151 Å². The van der Waals surface area contributed by atoms with E-state index in [0.29, 0.717) is 24.5 Å². The number of carbonyl (C=O) groups excluding carboxylic acids is 1. The van der Waals surface area contributed by atoms with Gasteiger partial charge in [-0.05, 0) is 45.9 Å². The summed E-state index contributed by atoms with van der Waals surface area (Å²) in [6.45, 7) is 8.13. The van der Waals surface area contributed by atoms with Gasteiger partial charge in [-0.1, -0.05) is 0 Å². The van der Waals surface area contributed by atoms with E-state index in [1.54, 1.807) is 4.68 Å². The van der Waals surface area contributed by atoms with Crippen molar-refractivity contribution in [1.82, 2.24) is 24.3 Å². The van der Waals surface area contributed by atoms with Gasteiger partial charge in [0.25, 0.3) is 0 Å². The second kappa shape index (κ2) is 7.25. The van der Waals surface area contributed by atoms with Crippen LogP contribution in [0.2, 0.25) is 0 Å². The molecule has 8 heteroatoms. The maximum atomic E-state index is 12.4. The number of amides is 1. The highest BCUT2D eigenvalue weighted by Crippen LogP contribution is 2.21. The summed E-state index contributed by atoms with van der Waals surface area (Å²) in [7, 11) is 0. The standard InChI is InChI=1S/C18H24N6O2/c1-11(24-14(4)19-12(2)22-24)9-18(26)21-15-5-6-17-16(10-15)20-13(3)23(17)7-8-25/h5-6,10-11,25H,7-9H2,1-4H3,(H,21,26). The predicted molar refractivity (Wildman–Crippen MR) is 99.0 cm³/mol. The Morgan fingerprint density at radius 3 is 2.65 bits per heavy atom. The zero-order valence-electron chi connectivity index (χ0n) is 15.5. The smallest absolute Gasteiger partial charge is 0.226 e. The van der Waals surface area contributed by atoms with Crippen molar-refractivity contribution in [2.45, 2.75) is 46.7 Å². The molecular formula is C18H24N6O2. The Hall–Kier alpha value is -2.74. The normalized spacial score (nSPS) is 12.5. The number of anilines is 1. The number of hydrogen-bond acceptors (Lipinski definition) is 5. The van der Waals surface area contributed by atoms with Crippen molar-refractivity contribution in [3.05, 3.63) is 35.7 Å². The van der Waals surface area contributed by atoms with Crippen molar-refractivity contribution < 1.29 is 9.90 Å². The van der Waals surface area contributed by atoms with Crippen molar-refractivity contribution in [3.8, 4) is 0 Å². The average Bonchev–Trinajstić information content (AvgIpc) is 3.06. The maximum absolute atomic E-state index is 12.4. The van der Waals surface area contributed by atoms with Crippen LogP contribution in [0, 0.1) is 20.8 Å². The lowest BCUT2D eigenvalue weighted by molar-refractivity contribution is -0.116. The van der Waals surface area contributed by atoms with Gasteiger partial charge >= 0.3 is 0 Å². The van der Waals surface area contributed by atoms with Crippen LogP contribution in [0.15, 0.2) is 18.2 Å². The SMILES string of the molecule is Cc1nc(C)n(C(C)CC(=O)Nc2ccc3c(c2)nc(C)n3CCO)n1. The van der Waals surface area contributed by atoms with Crippen LogP contribution in [0.1, 0.15) is 36.9 Å². The number of fused-ring (bicyclic) bond motifs is 1. The number of hydrogen-bond donors (Lipinski definition) is 2. The minimum Gasteiger partial charge on any atom is -0.395 e. The molecule has 1 aromatic carbocycles. The first-order chi connectivity index (χ1) is 12.4. The fourth-order valence-electron chi connectivity index (χ4n) is 3.23. The van der Waals surface area contributed by atoms with Gasteiger partial charge in [-0.25, -0.2) is 14.6 Å². The number of nitrogens with one attached hydrogen (secondary N) is 1. The molecule has 0 aliphatic rings. The van der Waals surface area contributed by atoms with Crippen molar-refractivity contribution >= 4 is 22.6 Å². The molecule has 1 unspecified atom stereocenters. The molecule has 2 aromatic heterocycles. The Kier molecular flexibility index (Phi) is 5.03. The molecule has 0 fully saturated rings. The Balaban J connectivity index is 1.72. The van der Waals surface area contributed by atoms with E-state index in [4.69, 9.17) is 0 Å². The maximum Gasteiger partial charge on any atom is 0.226 e. The van der Waals surface area contributed by atoms with Gasteiger partial charge in [0.15, 0.2) is 0 Å². The molecule has 3 rings (SSSR count). The summed E-state index contributed by atoms with van der Waals surface area (Å²) in [5.74, 6) is 2.25. The number of nitrogens with zero attached hydrogens (tertiary/aromatic N) is 5. The lowest BCUT2D eigenvalue weighted by Crippen LogP contribution is -2.19. The zero-order chi connectivity index (χ0) is 18.8. The highest BCUT2D eigenvalue weighted by atomic mass is 16.3. The second-order valence-electron chi connectivity index (χ2n) is 6.49. The van der Waals surface area contributed by atoms with Gasteiger partial charge in [0.1, 0.15) is 17.5 Å². The number of imidazole rings is 1. The lowest BCUT2D eigenvalue weighted by Gasteiger charge is -2.13. The molecule has 2 heterocycles. The van der Waals surface area contributed by atoms with Crippen molar-refractivity contribution in [1.29, 1.82) is 0 Å². The van der Waals surface area contributed by atoms with Crippen LogP contribution in [-0.4, -0.2) is 41.9 Å². The molecule has 0 saturated heterocycles. The summed E-state index contributed by atoms with van der Waals surface area (Å²) >= 11 is 0. The first kappa shape index (κ1) is 18.1. The van der Waals surface area contributed by atoms with E-state index in [0.717, 1.165) is 22.7 Å². The molecule has 0 aliphatic carbocycles. The lowest BCUT2D eigenvalue weighted by atomic mass is 10.2. The van der Waals surface area contributed by atoms with Gasteiger partial charge in [-0.2, -0.15) is 5.10 Å². The van der Waals surface area contributed by atoms with Crippen molar-refractivity contribution in [2.24, 2.45) is 0 Å². The first-order valence-corrected chi connectivity index (χ1v) is 8.66. The number of aryl methyl sites for hydroxylation is 3. The predicted octanol–water partition coefficient (Wildman–Crippen LogP) is 2.14. The van der Waals surface area contributed by atoms with E-state index in [9.17, 15) is 9.90 Å². The minimum atomic E-state index is -0.0871. The monoisotopic (exact) mass is 356 g/mol. The third-order valence-electron chi connectivity index (χ3n) is 4.35. The van der Waals surface area contributed by atoms with Crippen LogP contribution in [-0.2, 0) is 11.3 Å². The summed E-state index contributed by atoms with van der Waals surface area (Å²) in [5.41, 5.74) is 2.44. The highest BCUT2D eigenvalue weighted by Gasteiger charge is 2.15. The molecule has 2 N–H and O–H groups in total. The topological polar surface area (TPSA) is 97.9 Å². The van der Waals surface area contributed by atoms with Crippen LogP contribution in [0.4, 0.5) is 5.69 Å². The van der Waals surface area contributed by atoms with Gasteiger partial charge in [0.05, 0.1) is 23.7 Å². The van der Waals surface area contributed by atoms with E-state index in [1.807, 2.05) is 50.5 Å². The van der Waals surface area contributed by atoms with Crippen LogP contribution in [0.3, 0.4) is 0 Å². The molecule has 3 aromatic rings. The number of carbonyl (C=O) groups is 1. The third kappa shape index (κ3) is 3.60. The molecule has 138 valence electrons. The van der Waals surface area contributed by atoms with Crippen LogP contribution in [0.5, 0.6) is 0 Å². The summed E-state index contributed by atoms with van der Waals surface area (Å²) in [5, 5.41) is 16.4. The summed E-state index contributed by atoms with van der Waals surface area (Å²) in [4.78, 5) is 21.2. The number of aliphatic hydroxyl groups excluding tert-OH is 1. The molecule has 0 aliphatic heterocycles. The molecule has 0 spiro atoms. The first-order valence-electron chi connectivity index (χ1n) is 8.66. The van der Waals surface area contributed by atoms with Crippen molar-refractivity contribution in [3.63, 3.8) is 0 Å². The summed E-state index contributed by atoms with van der Waals surface area (Å²) in [6, 6.07) is 5.54. The van der Waals surface area contributed by atoms with Gasteiger partial charge < -0.3 is 15.0 Å². The van der Waals surface area contributed by atoms with Gasteiger partial charge in [0, 0.05) is 18.7 Å². The number of aliphatic hydroxyl groups is 1. The average molecular weight is 356 g/mol. The molecule has 1 amide bonds. The van der Waals surface area contributed by atoms with E-state index in [1.165, 1.54) is 0 Å². The van der Waals surface area contributed by atoms with Crippen LogP contribution in [0.25, 0.3) is 11.0 Å². The molecule has 8 nitrogen and oxygen atoms in total.